The number of hydrazine groups is 1. The Kier molecular flexibility index (Phi) is 5.86. The molecule has 2 aromatic carbocycles. The van der Waals surface area contributed by atoms with Crippen LogP contribution in [-0.4, -0.2) is 19.4 Å². The second-order valence-electron chi connectivity index (χ2n) is 6.26. The summed E-state index contributed by atoms with van der Waals surface area (Å²) < 4.78 is 4.96. The number of nitrogens with one attached hydrogen (secondary N) is 1. The molecule has 25 heavy (non-hydrogen) atoms. The van der Waals surface area contributed by atoms with Gasteiger partial charge < -0.3 is 9.53 Å². The molecule has 130 valence electrons. The van der Waals surface area contributed by atoms with Crippen LogP contribution in [0.2, 0.25) is 0 Å². The van der Waals surface area contributed by atoms with Crippen molar-refractivity contribution < 1.29 is 9.53 Å². The van der Waals surface area contributed by atoms with Crippen LogP contribution in [-0.2, 0) is 11.2 Å². The highest BCUT2D eigenvalue weighted by atomic mass is 16.5. The van der Waals surface area contributed by atoms with E-state index in [4.69, 9.17) is 4.74 Å². The van der Waals surface area contributed by atoms with E-state index in [1.165, 1.54) is 18.5 Å². The Morgan fingerprint density at radius 3 is 2.44 bits per heavy atom. The third kappa shape index (κ3) is 4.94. The van der Waals surface area contributed by atoms with Crippen LogP contribution in [0, 0.1) is 5.92 Å². The molecule has 4 rings (SSSR count). The van der Waals surface area contributed by atoms with Gasteiger partial charge in [0.05, 0.1) is 12.8 Å². The number of rotatable bonds is 5. The van der Waals surface area contributed by atoms with Gasteiger partial charge in [-0.1, -0.05) is 30.3 Å². The zero-order chi connectivity index (χ0) is 17.5. The molecule has 1 unspecified atom stereocenters. The highest BCUT2D eigenvalue weighted by molar-refractivity contribution is 5.55. The van der Waals surface area contributed by atoms with Crippen LogP contribution >= 0.6 is 0 Å². The molecule has 1 N–H and O–H groups in total. The van der Waals surface area contributed by atoms with Crippen LogP contribution in [0.3, 0.4) is 0 Å². The number of para-hydroxylation sites is 1. The molecule has 1 saturated carbocycles. The molecule has 1 atom stereocenters. The van der Waals surface area contributed by atoms with Gasteiger partial charge >= 0.3 is 0 Å². The number of hydrogen-bond acceptors (Lipinski definition) is 4. The van der Waals surface area contributed by atoms with E-state index in [1.54, 1.807) is 7.11 Å². The van der Waals surface area contributed by atoms with Gasteiger partial charge in [-0.2, -0.15) is 0 Å². The summed E-state index contributed by atoms with van der Waals surface area (Å²) in [5.74, 6) is 1.69. The van der Waals surface area contributed by atoms with Gasteiger partial charge in [0, 0.05) is 18.7 Å². The standard InChI is InChI=1S/C12H14N2.C9H10O2/c1-2-4-11(5-3-1)14-9-8-12(13-14)10-6-7-10;1-11-9-4-2-8(3-5-9)6-7-10/h1-5,8-10,12-13H,6-7H2;2-5,7H,6H2,1H3. The second kappa shape index (κ2) is 8.49. The molecule has 1 aliphatic heterocycles. The lowest BCUT2D eigenvalue weighted by Gasteiger charge is -2.19. The van der Waals surface area contributed by atoms with E-state index in [0.717, 1.165) is 23.5 Å². The van der Waals surface area contributed by atoms with Crippen LogP contribution in [0.25, 0.3) is 0 Å². The maximum Gasteiger partial charge on any atom is 0.124 e. The number of benzene rings is 2. The predicted octanol–water partition coefficient (Wildman–Crippen LogP) is 3.74. The van der Waals surface area contributed by atoms with Crippen LogP contribution in [0.1, 0.15) is 18.4 Å². The molecule has 0 spiro atoms. The van der Waals surface area contributed by atoms with Crippen LogP contribution in [0.4, 0.5) is 5.69 Å². The SMILES string of the molecule is C1=CN(c2ccccc2)NC1C1CC1.COc1ccc(CC=O)cc1. The lowest BCUT2D eigenvalue weighted by atomic mass is 10.2. The van der Waals surface area contributed by atoms with Gasteiger partial charge in [0.15, 0.2) is 0 Å². The van der Waals surface area contributed by atoms with E-state index in [9.17, 15) is 4.79 Å². The molecule has 4 nitrogen and oxygen atoms in total. The molecule has 1 aliphatic carbocycles. The summed E-state index contributed by atoms with van der Waals surface area (Å²) in [6, 6.07) is 18.4. The van der Waals surface area contributed by atoms with Crippen molar-refractivity contribution in [2.24, 2.45) is 5.92 Å². The molecule has 0 aromatic heterocycles. The summed E-state index contributed by atoms with van der Waals surface area (Å²) in [4.78, 5) is 10.1. The highest BCUT2D eigenvalue weighted by Gasteiger charge is 2.32. The molecule has 4 heteroatoms. The van der Waals surface area contributed by atoms with E-state index in [1.807, 2.05) is 30.3 Å². The Bertz CT molecular complexity index is 694. The van der Waals surface area contributed by atoms with Crippen molar-refractivity contribution in [3.05, 3.63) is 72.4 Å². The fourth-order valence-corrected chi connectivity index (χ4v) is 2.75. The van der Waals surface area contributed by atoms with Crippen molar-refractivity contribution in [1.29, 1.82) is 0 Å². The first kappa shape index (κ1) is 17.2. The second-order valence-corrected chi connectivity index (χ2v) is 6.26. The lowest BCUT2D eigenvalue weighted by molar-refractivity contribution is -0.107. The number of ether oxygens (including phenoxy) is 1. The third-order valence-electron chi connectivity index (χ3n) is 4.37. The van der Waals surface area contributed by atoms with E-state index in [0.29, 0.717) is 12.5 Å². The fraction of sp³-hybridized carbons (Fsp3) is 0.286. The number of carbonyl (C=O) groups is 1. The van der Waals surface area contributed by atoms with E-state index < -0.39 is 0 Å². The number of carbonyl (C=O) groups excluding carboxylic acids is 1. The van der Waals surface area contributed by atoms with Crippen LogP contribution in [0.5, 0.6) is 5.75 Å². The number of aldehydes is 1. The monoisotopic (exact) mass is 336 g/mol. The van der Waals surface area contributed by atoms with Gasteiger partial charge in [0.25, 0.3) is 0 Å². The molecule has 2 aromatic rings. The molecule has 0 amide bonds. The van der Waals surface area contributed by atoms with Crippen molar-refractivity contribution in [3.8, 4) is 5.75 Å². The number of hydrogen-bond donors (Lipinski definition) is 1. The minimum atomic E-state index is 0.476. The molecule has 1 fully saturated rings. The largest absolute Gasteiger partial charge is 0.497 e. The Morgan fingerprint density at radius 1 is 1.12 bits per heavy atom. The molecular weight excluding hydrogens is 312 g/mol. The lowest BCUT2D eigenvalue weighted by Crippen LogP contribution is -2.36. The third-order valence-corrected chi connectivity index (χ3v) is 4.37. The normalized spacial score (nSPS) is 18.4. The zero-order valence-corrected chi connectivity index (χ0v) is 14.5. The summed E-state index contributed by atoms with van der Waals surface area (Å²) in [6.45, 7) is 0. The maximum atomic E-state index is 10.1. The average molecular weight is 336 g/mol. The van der Waals surface area contributed by atoms with Crippen molar-refractivity contribution in [2.75, 3.05) is 12.1 Å². The Labute approximate surface area is 149 Å². The summed E-state index contributed by atoms with van der Waals surface area (Å²) >= 11 is 0. The van der Waals surface area contributed by atoms with E-state index in [2.05, 4.69) is 47.0 Å². The first-order valence-corrected chi connectivity index (χ1v) is 8.65. The van der Waals surface area contributed by atoms with E-state index >= 15 is 0 Å². The summed E-state index contributed by atoms with van der Waals surface area (Å²) in [6.07, 6.45) is 8.53. The summed E-state index contributed by atoms with van der Waals surface area (Å²) in [7, 11) is 1.62. The van der Waals surface area contributed by atoms with Crippen LogP contribution in [0.15, 0.2) is 66.9 Å². The molecule has 2 aliphatic rings. The Morgan fingerprint density at radius 2 is 1.84 bits per heavy atom. The zero-order valence-electron chi connectivity index (χ0n) is 14.5. The molecule has 1 heterocycles. The highest BCUT2D eigenvalue weighted by Crippen LogP contribution is 2.35. The Balaban J connectivity index is 0.000000151. The minimum Gasteiger partial charge on any atom is -0.497 e. The first-order valence-electron chi connectivity index (χ1n) is 8.65. The molecule has 0 radical (unpaired) electrons. The molecular formula is C21H24N2O2. The van der Waals surface area contributed by atoms with Crippen LogP contribution < -0.4 is 15.2 Å². The van der Waals surface area contributed by atoms with Gasteiger partial charge in [-0.3, -0.25) is 5.01 Å². The number of methoxy groups -OCH3 is 1. The first-order chi connectivity index (χ1) is 12.3. The number of anilines is 1. The van der Waals surface area contributed by atoms with Crippen molar-refractivity contribution in [3.63, 3.8) is 0 Å². The van der Waals surface area contributed by atoms with Crippen molar-refractivity contribution in [2.45, 2.75) is 25.3 Å². The van der Waals surface area contributed by atoms with Gasteiger partial charge in [0.2, 0.25) is 0 Å². The smallest absolute Gasteiger partial charge is 0.124 e. The minimum absolute atomic E-state index is 0.476. The van der Waals surface area contributed by atoms with Gasteiger partial charge in [-0.25, -0.2) is 5.43 Å². The van der Waals surface area contributed by atoms with Gasteiger partial charge in [0.1, 0.15) is 12.0 Å². The van der Waals surface area contributed by atoms with Crippen molar-refractivity contribution >= 4 is 12.0 Å². The summed E-state index contributed by atoms with van der Waals surface area (Å²) in [5.41, 5.74) is 5.72. The Hall–Kier alpha value is -2.59. The summed E-state index contributed by atoms with van der Waals surface area (Å²) in [5, 5.41) is 2.11. The fourth-order valence-electron chi connectivity index (χ4n) is 2.75. The predicted molar refractivity (Wildman–Crippen MR) is 100 cm³/mol. The molecule has 0 bridgehead atoms. The maximum absolute atomic E-state index is 10.1. The van der Waals surface area contributed by atoms with Gasteiger partial charge in [-0.05, 0) is 54.7 Å². The van der Waals surface area contributed by atoms with Gasteiger partial charge in [-0.15, -0.1) is 0 Å². The van der Waals surface area contributed by atoms with Crippen molar-refractivity contribution in [1.82, 2.24) is 5.43 Å². The average Bonchev–Trinajstić information content (AvgIpc) is 3.41. The number of nitrogens with zero attached hydrogens (tertiary/aromatic N) is 1. The molecule has 0 saturated heterocycles. The quantitative estimate of drug-likeness (QED) is 0.845. The van der Waals surface area contributed by atoms with E-state index in [-0.39, 0.29) is 0 Å². The topological polar surface area (TPSA) is 41.6 Å².